The summed E-state index contributed by atoms with van der Waals surface area (Å²) < 4.78 is 0. The highest BCUT2D eigenvalue weighted by atomic mass is 15.2. The van der Waals surface area contributed by atoms with Gasteiger partial charge in [-0.2, -0.15) is 0 Å². The first-order chi connectivity index (χ1) is 14.6. The number of anilines is 2. The molecule has 1 aliphatic rings. The van der Waals surface area contributed by atoms with Gasteiger partial charge in [-0.25, -0.2) is 15.0 Å². The van der Waals surface area contributed by atoms with Gasteiger partial charge in [0.15, 0.2) is 0 Å². The third-order valence-corrected chi connectivity index (χ3v) is 5.59. The third kappa shape index (κ3) is 4.96. The molecule has 0 saturated carbocycles. The van der Waals surface area contributed by atoms with Gasteiger partial charge in [0.25, 0.3) is 0 Å². The molecule has 1 aliphatic heterocycles. The van der Waals surface area contributed by atoms with Gasteiger partial charge in [0.2, 0.25) is 0 Å². The molecular formula is C25H31N5. The van der Waals surface area contributed by atoms with Gasteiger partial charge in [0.1, 0.15) is 18.0 Å². The molecule has 0 radical (unpaired) electrons. The lowest BCUT2D eigenvalue weighted by Crippen LogP contribution is -2.32. The fourth-order valence-corrected chi connectivity index (χ4v) is 3.97. The summed E-state index contributed by atoms with van der Waals surface area (Å²) in [4.78, 5) is 16.0. The third-order valence-electron chi connectivity index (χ3n) is 5.59. The van der Waals surface area contributed by atoms with Crippen LogP contribution in [0.2, 0.25) is 0 Å². The minimum absolute atomic E-state index is 0.691. The molecule has 0 amide bonds. The number of fused-ring (bicyclic) bond motifs is 1. The first-order valence-electron chi connectivity index (χ1n) is 10.9. The quantitative estimate of drug-likeness (QED) is 0.627. The van der Waals surface area contributed by atoms with Crippen LogP contribution in [0.3, 0.4) is 0 Å². The largest absolute Gasteiger partial charge is 0.369 e. The molecule has 0 spiro atoms. The summed E-state index contributed by atoms with van der Waals surface area (Å²) in [5.74, 6) is 2.66. The van der Waals surface area contributed by atoms with Crippen molar-refractivity contribution in [2.45, 2.75) is 46.6 Å². The van der Waals surface area contributed by atoms with Crippen molar-refractivity contribution >= 4 is 11.6 Å². The molecule has 1 N–H and O–H groups in total. The Labute approximate surface area is 179 Å². The van der Waals surface area contributed by atoms with E-state index in [1.807, 2.05) is 6.20 Å². The molecule has 0 atom stereocenters. The predicted octanol–water partition coefficient (Wildman–Crippen LogP) is 4.60. The second-order valence-corrected chi connectivity index (χ2v) is 8.60. The van der Waals surface area contributed by atoms with Crippen LogP contribution >= 0.6 is 0 Å². The van der Waals surface area contributed by atoms with Crippen LogP contribution in [0.25, 0.3) is 0 Å². The summed E-state index contributed by atoms with van der Waals surface area (Å²) in [5, 5.41) is 3.55. The lowest BCUT2D eigenvalue weighted by Gasteiger charge is -2.30. The van der Waals surface area contributed by atoms with Crippen LogP contribution < -0.4 is 10.2 Å². The van der Waals surface area contributed by atoms with Gasteiger partial charge in [-0.3, -0.25) is 0 Å². The number of hydrogen-bond acceptors (Lipinski definition) is 5. The van der Waals surface area contributed by atoms with Crippen molar-refractivity contribution in [3.63, 3.8) is 0 Å². The minimum atomic E-state index is 0.691. The van der Waals surface area contributed by atoms with E-state index < -0.39 is 0 Å². The topological polar surface area (TPSA) is 53.9 Å². The van der Waals surface area contributed by atoms with Crippen LogP contribution in [0, 0.1) is 12.8 Å². The number of benzene rings is 1. The Balaban J connectivity index is 1.39. The van der Waals surface area contributed by atoms with Crippen molar-refractivity contribution in [2.75, 3.05) is 23.3 Å². The Morgan fingerprint density at radius 3 is 2.53 bits per heavy atom. The summed E-state index contributed by atoms with van der Waals surface area (Å²) in [7, 11) is 0. The minimum Gasteiger partial charge on any atom is -0.369 e. The van der Waals surface area contributed by atoms with E-state index in [1.165, 1.54) is 22.3 Å². The molecule has 2 aromatic heterocycles. The van der Waals surface area contributed by atoms with Gasteiger partial charge in [-0.1, -0.05) is 44.2 Å². The van der Waals surface area contributed by atoms with Crippen molar-refractivity contribution in [1.29, 1.82) is 0 Å². The van der Waals surface area contributed by atoms with Crippen molar-refractivity contribution in [3.8, 4) is 0 Å². The van der Waals surface area contributed by atoms with Gasteiger partial charge in [0, 0.05) is 37.8 Å². The second kappa shape index (κ2) is 9.24. The number of hydrogen-bond donors (Lipinski definition) is 1. The maximum atomic E-state index is 4.60. The number of rotatable bonds is 7. The molecule has 0 aliphatic carbocycles. The van der Waals surface area contributed by atoms with Crippen molar-refractivity contribution in [1.82, 2.24) is 15.0 Å². The van der Waals surface area contributed by atoms with Crippen LogP contribution in [0.1, 0.15) is 41.8 Å². The van der Waals surface area contributed by atoms with E-state index in [9.17, 15) is 0 Å². The predicted molar refractivity (Wildman–Crippen MR) is 123 cm³/mol. The smallest absolute Gasteiger partial charge is 0.134 e. The van der Waals surface area contributed by atoms with Crippen LogP contribution in [0.5, 0.6) is 0 Å². The zero-order chi connectivity index (χ0) is 20.9. The van der Waals surface area contributed by atoms with Crippen molar-refractivity contribution < 1.29 is 0 Å². The van der Waals surface area contributed by atoms with Crippen LogP contribution in [0.4, 0.5) is 11.6 Å². The number of aromatic nitrogens is 3. The normalized spacial score (nSPS) is 13.4. The van der Waals surface area contributed by atoms with E-state index in [0.717, 1.165) is 56.2 Å². The fraction of sp³-hybridized carbons (Fsp3) is 0.400. The van der Waals surface area contributed by atoms with E-state index in [2.05, 4.69) is 82.3 Å². The second-order valence-electron chi connectivity index (χ2n) is 8.60. The zero-order valence-electron chi connectivity index (χ0n) is 18.2. The molecule has 3 aromatic rings. The SMILES string of the molecule is Cc1ccc(N2CCc3ncnc(NCCc4ccc(CC(C)C)cc4)c3C2)nc1. The van der Waals surface area contributed by atoms with Gasteiger partial charge in [-0.15, -0.1) is 0 Å². The van der Waals surface area contributed by atoms with Crippen molar-refractivity contribution in [2.24, 2.45) is 5.92 Å². The van der Waals surface area contributed by atoms with E-state index >= 15 is 0 Å². The first kappa shape index (κ1) is 20.3. The zero-order valence-corrected chi connectivity index (χ0v) is 18.2. The van der Waals surface area contributed by atoms with E-state index in [0.29, 0.717) is 5.92 Å². The Kier molecular flexibility index (Phi) is 6.26. The van der Waals surface area contributed by atoms with Gasteiger partial charge < -0.3 is 10.2 Å². The summed E-state index contributed by atoms with van der Waals surface area (Å²) in [6.07, 6.45) is 6.64. The van der Waals surface area contributed by atoms with Crippen LogP contribution in [0.15, 0.2) is 48.9 Å². The van der Waals surface area contributed by atoms with Crippen LogP contribution in [-0.4, -0.2) is 28.0 Å². The molecule has 0 saturated heterocycles. The Morgan fingerprint density at radius 2 is 1.80 bits per heavy atom. The number of aryl methyl sites for hydroxylation is 1. The van der Waals surface area contributed by atoms with Gasteiger partial charge in [0.05, 0.1) is 5.69 Å². The maximum absolute atomic E-state index is 4.60. The van der Waals surface area contributed by atoms with E-state index in [-0.39, 0.29) is 0 Å². The first-order valence-corrected chi connectivity index (χ1v) is 10.9. The molecule has 0 bridgehead atoms. The Hall–Kier alpha value is -2.95. The fourth-order valence-electron chi connectivity index (χ4n) is 3.97. The summed E-state index contributed by atoms with van der Waals surface area (Å²) in [6, 6.07) is 13.2. The lowest BCUT2D eigenvalue weighted by molar-refractivity contribution is 0.647. The molecule has 4 rings (SSSR count). The van der Waals surface area contributed by atoms with Crippen molar-refractivity contribution in [3.05, 3.63) is 76.9 Å². The summed E-state index contributed by atoms with van der Waals surface area (Å²) in [6.45, 7) is 9.17. The van der Waals surface area contributed by atoms with E-state index in [4.69, 9.17) is 0 Å². The van der Waals surface area contributed by atoms with Gasteiger partial charge >= 0.3 is 0 Å². The number of nitrogens with one attached hydrogen (secondary N) is 1. The number of pyridine rings is 1. The molecule has 0 fully saturated rings. The number of nitrogens with zero attached hydrogens (tertiary/aromatic N) is 4. The summed E-state index contributed by atoms with van der Waals surface area (Å²) in [5.41, 5.74) is 6.28. The average Bonchev–Trinajstić information content (AvgIpc) is 2.75. The highest BCUT2D eigenvalue weighted by Crippen LogP contribution is 2.26. The van der Waals surface area contributed by atoms with Gasteiger partial charge in [-0.05, 0) is 48.4 Å². The molecule has 3 heterocycles. The highest BCUT2D eigenvalue weighted by Gasteiger charge is 2.21. The molecular weight excluding hydrogens is 370 g/mol. The van der Waals surface area contributed by atoms with E-state index in [1.54, 1.807) is 6.33 Å². The molecule has 5 nitrogen and oxygen atoms in total. The maximum Gasteiger partial charge on any atom is 0.134 e. The monoisotopic (exact) mass is 401 g/mol. The molecule has 0 unspecified atom stereocenters. The molecule has 5 heteroatoms. The molecule has 156 valence electrons. The molecule has 1 aromatic carbocycles. The standard InChI is InChI=1S/C25H31N5/c1-18(2)14-21-7-5-20(6-8-21)10-12-26-25-22-16-30(13-11-23(22)28-17-29-25)24-9-4-19(3)15-27-24/h4-9,15,17-18H,10-14,16H2,1-3H3,(H,26,28,29). The lowest BCUT2D eigenvalue weighted by atomic mass is 10.0. The van der Waals surface area contributed by atoms with Crippen LogP contribution in [-0.2, 0) is 25.8 Å². The Bertz CT molecular complexity index is 964. The Morgan fingerprint density at radius 1 is 1.00 bits per heavy atom. The summed E-state index contributed by atoms with van der Waals surface area (Å²) >= 11 is 0. The molecule has 30 heavy (non-hydrogen) atoms. The average molecular weight is 402 g/mol. The highest BCUT2D eigenvalue weighted by molar-refractivity contribution is 5.52.